The van der Waals surface area contributed by atoms with Crippen LogP contribution in [0.5, 0.6) is 5.75 Å². The van der Waals surface area contributed by atoms with Crippen LogP contribution in [-0.2, 0) is 4.79 Å². The van der Waals surface area contributed by atoms with Crippen LogP contribution in [0, 0.1) is 11.7 Å². The molecule has 2 fully saturated rings. The van der Waals surface area contributed by atoms with Crippen LogP contribution >= 0.6 is 0 Å². The van der Waals surface area contributed by atoms with Crippen molar-refractivity contribution < 1.29 is 18.7 Å². The molecule has 6 nitrogen and oxygen atoms in total. The minimum Gasteiger partial charge on any atom is -0.495 e. The Labute approximate surface area is 182 Å². The predicted octanol–water partition coefficient (Wildman–Crippen LogP) is 3.04. The Hall–Kier alpha value is -3.09. The average Bonchev–Trinajstić information content (AvgIpc) is 2.83. The molecule has 2 aromatic carbocycles. The van der Waals surface area contributed by atoms with Gasteiger partial charge in [0.15, 0.2) is 0 Å². The molecule has 0 aromatic heterocycles. The molecule has 0 radical (unpaired) electrons. The minimum absolute atomic E-state index is 0.0608. The second-order valence-corrected chi connectivity index (χ2v) is 8.06. The normalized spacial score (nSPS) is 17.5. The molecule has 0 unspecified atom stereocenters. The van der Waals surface area contributed by atoms with Crippen LogP contribution in [0.1, 0.15) is 23.2 Å². The summed E-state index contributed by atoms with van der Waals surface area (Å²) in [5, 5.41) is 0. The van der Waals surface area contributed by atoms with Gasteiger partial charge >= 0.3 is 0 Å². The van der Waals surface area contributed by atoms with Gasteiger partial charge in [-0.05, 0) is 43.2 Å². The van der Waals surface area contributed by atoms with Crippen molar-refractivity contribution in [2.24, 2.45) is 5.92 Å². The molecule has 2 aromatic rings. The molecule has 4 rings (SSSR count). The van der Waals surface area contributed by atoms with E-state index in [0.29, 0.717) is 44.6 Å². The lowest BCUT2D eigenvalue weighted by Gasteiger charge is -2.39. The molecular weight excluding hydrogens is 397 g/mol. The van der Waals surface area contributed by atoms with Crippen LogP contribution in [0.2, 0.25) is 0 Å². The first-order valence-electron chi connectivity index (χ1n) is 10.8. The number of amides is 2. The Kier molecular flexibility index (Phi) is 6.39. The maximum Gasteiger partial charge on any atom is 0.253 e. The summed E-state index contributed by atoms with van der Waals surface area (Å²) in [6, 6.07) is 13.7. The van der Waals surface area contributed by atoms with Gasteiger partial charge in [0.25, 0.3) is 5.91 Å². The number of piperidine rings is 1. The number of para-hydroxylation sites is 2. The van der Waals surface area contributed by atoms with Crippen LogP contribution in [0.15, 0.2) is 48.5 Å². The number of benzene rings is 2. The quantitative estimate of drug-likeness (QED) is 0.756. The lowest BCUT2D eigenvalue weighted by atomic mass is 9.94. The van der Waals surface area contributed by atoms with Gasteiger partial charge in [-0.15, -0.1) is 0 Å². The number of carbonyl (C=O) groups is 2. The van der Waals surface area contributed by atoms with Gasteiger partial charge in [-0.2, -0.15) is 0 Å². The summed E-state index contributed by atoms with van der Waals surface area (Å²) in [5.41, 5.74) is 1.42. The molecule has 2 heterocycles. The van der Waals surface area contributed by atoms with E-state index >= 15 is 0 Å². The Morgan fingerprint density at radius 3 is 2.29 bits per heavy atom. The summed E-state index contributed by atoms with van der Waals surface area (Å²) in [4.78, 5) is 31.6. The maximum atomic E-state index is 13.4. The highest BCUT2D eigenvalue weighted by atomic mass is 19.1. The molecular formula is C24H28FN3O3. The molecule has 2 amide bonds. The number of halogens is 1. The monoisotopic (exact) mass is 425 g/mol. The van der Waals surface area contributed by atoms with Gasteiger partial charge in [0, 0.05) is 50.7 Å². The van der Waals surface area contributed by atoms with Crippen molar-refractivity contribution >= 4 is 17.5 Å². The summed E-state index contributed by atoms with van der Waals surface area (Å²) in [6.07, 6.45) is 1.29. The van der Waals surface area contributed by atoms with Gasteiger partial charge in [-0.3, -0.25) is 9.59 Å². The van der Waals surface area contributed by atoms with E-state index in [1.54, 1.807) is 24.1 Å². The zero-order valence-corrected chi connectivity index (χ0v) is 17.8. The molecule has 0 spiro atoms. The third-order valence-corrected chi connectivity index (χ3v) is 6.22. The van der Waals surface area contributed by atoms with Crippen LogP contribution in [0.3, 0.4) is 0 Å². The predicted molar refractivity (Wildman–Crippen MR) is 117 cm³/mol. The van der Waals surface area contributed by atoms with Gasteiger partial charge in [0.2, 0.25) is 5.91 Å². The van der Waals surface area contributed by atoms with Crippen LogP contribution in [-0.4, -0.2) is 68.0 Å². The Balaban J connectivity index is 1.29. The van der Waals surface area contributed by atoms with Gasteiger partial charge < -0.3 is 19.4 Å². The number of nitrogens with zero attached hydrogens (tertiary/aromatic N) is 3. The molecule has 0 aliphatic carbocycles. The molecule has 0 bridgehead atoms. The number of hydrogen-bond acceptors (Lipinski definition) is 4. The molecule has 0 N–H and O–H groups in total. The fraction of sp³-hybridized carbons (Fsp3) is 0.417. The number of hydrogen-bond donors (Lipinski definition) is 0. The fourth-order valence-corrected chi connectivity index (χ4v) is 4.45. The van der Waals surface area contributed by atoms with E-state index < -0.39 is 5.82 Å². The minimum atomic E-state index is -0.414. The number of anilines is 1. The van der Waals surface area contributed by atoms with Gasteiger partial charge in [-0.1, -0.05) is 18.2 Å². The fourth-order valence-electron chi connectivity index (χ4n) is 4.45. The lowest BCUT2D eigenvalue weighted by Crippen LogP contribution is -2.52. The topological polar surface area (TPSA) is 53.1 Å². The highest BCUT2D eigenvalue weighted by molar-refractivity contribution is 5.94. The van der Waals surface area contributed by atoms with Crippen molar-refractivity contribution in [3.63, 3.8) is 0 Å². The Bertz CT molecular complexity index is 935. The summed E-state index contributed by atoms with van der Waals surface area (Å²) < 4.78 is 18.9. The molecule has 2 aliphatic heterocycles. The van der Waals surface area contributed by atoms with Crippen molar-refractivity contribution in [1.82, 2.24) is 9.80 Å². The molecule has 164 valence electrons. The van der Waals surface area contributed by atoms with E-state index in [1.807, 2.05) is 29.2 Å². The molecule has 0 saturated carbocycles. The smallest absolute Gasteiger partial charge is 0.253 e. The van der Waals surface area contributed by atoms with Crippen LogP contribution < -0.4 is 9.64 Å². The molecule has 2 aliphatic rings. The second-order valence-electron chi connectivity index (χ2n) is 8.06. The highest BCUT2D eigenvalue weighted by Crippen LogP contribution is 2.29. The van der Waals surface area contributed by atoms with Crippen LogP contribution in [0.25, 0.3) is 0 Å². The Morgan fingerprint density at radius 1 is 0.903 bits per heavy atom. The standard InChI is InChI=1S/C24H28FN3O3/c1-31-22-8-3-2-7-21(22)26-13-15-28(16-14-26)23(29)18-9-11-27(12-10-18)24(30)19-5-4-6-20(25)17-19/h2-8,17-18H,9-16H2,1H3. The van der Waals surface area contributed by atoms with E-state index in [0.717, 1.165) is 24.5 Å². The summed E-state index contributed by atoms with van der Waals surface area (Å²) in [6.45, 7) is 3.94. The van der Waals surface area contributed by atoms with Gasteiger partial charge in [0.05, 0.1) is 12.8 Å². The van der Waals surface area contributed by atoms with E-state index in [1.165, 1.54) is 12.1 Å². The third kappa shape index (κ3) is 4.65. The van der Waals surface area contributed by atoms with E-state index in [-0.39, 0.29) is 17.7 Å². The first-order valence-corrected chi connectivity index (χ1v) is 10.8. The molecule has 2 saturated heterocycles. The number of likely N-dealkylation sites (tertiary alicyclic amines) is 1. The third-order valence-electron chi connectivity index (χ3n) is 6.22. The van der Waals surface area contributed by atoms with E-state index in [4.69, 9.17) is 4.74 Å². The number of methoxy groups -OCH3 is 1. The van der Waals surface area contributed by atoms with Gasteiger partial charge in [-0.25, -0.2) is 4.39 Å². The number of ether oxygens (including phenoxy) is 1. The zero-order chi connectivity index (χ0) is 21.8. The number of carbonyl (C=O) groups excluding carboxylic acids is 2. The summed E-state index contributed by atoms with van der Waals surface area (Å²) in [5.74, 6) is 0.378. The van der Waals surface area contributed by atoms with Gasteiger partial charge in [0.1, 0.15) is 11.6 Å². The van der Waals surface area contributed by atoms with Crippen molar-refractivity contribution in [3.05, 3.63) is 59.9 Å². The van der Waals surface area contributed by atoms with Crippen LogP contribution in [0.4, 0.5) is 10.1 Å². The Morgan fingerprint density at radius 2 is 1.61 bits per heavy atom. The maximum absolute atomic E-state index is 13.4. The largest absolute Gasteiger partial charge is 0.495 e. The highest BCUT2D eigenvalue weighted by Gasteiger charge is 2.32. The van der Waals surface area contributed by atoms with E-state index in [2.05, 4.69) is 4.90 Å². The zero-order valence-electron chi connectivity index (χ0n) is 17.8. The average molecular weight is 426 g/mol. The van der Waals surface area contributed by atoms with Crippen molar-refractivity contribution in [2.75, 3.05) is 51.3 Å². The van der Waals surface area contributed by atoms with Crippen molar-refractivity contribution in [1.29, 1.82) is 0 Å². The lowest BCUT2D eigenvalue weighted by molar-refractivity contribution is -0.137. The van der Waals surface area contributed by atoms with E-state index in [9.17, 15) is 14.0 Å². The first kappa shape index (κ1) is 21.2. The second kappa shape index (κ2) is 9.37. The number of piperazine rings is 1. The molecule has 0 atom stereocenters. The molecule has 31 heavy (non-hydrogen) atoms. The summed E-state index contributed by atoms with van der Waals surface area (Å²) >= 11 is 0. The van der Waals surface area contributed by atoms with Crippen molar-refractivity contribution in [3.8, 4) is 5.75 Å². The SMILES string of the molecule is COc1ccccc1N1CCN(C(=O)C2CCN(C(=O)c3cccc(F)c3)CC2)CC1. The molecule has 7 heteroatoms. The summed E-state index contributed by atoms with van der Waals surface area (Å²) in [7, 11) is 1.67. The van der Waals surface area contributed by atoms with Crippen molar-refractivity contribution in [2.45, 2.75) is 12.8 Å². The first-order chi connectivity index (χ1) is 15.1. The number of rotatable bonds is 4.